The van der Waals surface area contributed by atoms with Crippen LogP contribution in [0.15, 0.2) is 83.3 Å². The zero-order valence-electron chi connectivity index (χ0n) is 16.5. The maximum absolute atomic E-state index is 4.59. The maximum Gasteiger partial charge on any atom is 0.196 e. The van der Waals surface area contributed by atoms with E-state index in [1.807, 2.05) is 13.0 Å². The Hall–Kier alpha value is -2.96. The minimum atomic E-state index is 0.722. The molecule has 6 heteroatoms. The molecule has 0 atom stereocenters. The molecule has 0 spiro atoms. The Balaban J connectivity index is 1.52. The fourth-order valence-corrected chi connectivity index (χ4v) is 5.16. The van der Waals surface area contributed by atoms with Crippen molar-refractivity contribution >= 4 is 33.9 Å². The van der Waals surface area contributed by atoms with Gasteiger partial charge in [0.1, 0.15) is 5.82 Å². The van der Waals surface area contributed by atoms with E-state index in [0.29, 0.717) is 0 Å². The molecule has 0 amide bonds. The molecule has 0 N–H and O–H groups in total. The van der Waals surface area contributed by atoms with E-state index in [1.54, 1.807) is 23.1 Å². The number of hydrogen-bond donors (Lipinski definition) is 0. The van der Waals surface area contributed by atoms with Crippen LogP contribution in [0.3, 0.4) is 0 Å². The van der Waals surface area contributed by atoms with Crippen LogP contribution in [0, 0.1) is 6.92 Å². The molecule has 0 unspecified atom stereocenters. The van der Waals surface area contributed by atoms with Crippen molar-refractivity contribution in [1.29, 1.82) is 0 Å². The van der Waals surface area contributed by atoms with Crippen LogP contribution >= 0.6 is 23.1 Å². The summed E-state index contributed by atoms with van der Waals surface area (Å²) in [6.07, 6.45) is 0.722. The first kappa shape index (κ1) is 19.0. The van der Waals surface area contributed by atoms with Gasteiger partial charge in [-0.15, -0.1) is 21.5 Å². The van der Waals surface area contributed by atoms with Crippen LogP contribution in [0.4, 0.5) is 0 Å². The third kappa shape index (κ3) is 3.88. The molecular weight excluding hydrogens is 408 g/mol. The van der Waals surface area contributed by atoms with Gasteiger partial charge in [-0.2, -0.15) is 0 Å². The Morgan fingerprint density at radius 2 is 1.70 bits per heavy atom. The molecule has 148 valence electrons. The van der Waals surface area contributed by atoms with Crippen molar-refractivity contribution in [2.24, 2.45) is 0 Å². The van der Waals surface area contributed by atoms with Crippen LogP contribution in [0.1, 0.15) is 22.1 Å². The normalized spacial score (nSPS) is 11.2. The van der Waals surface area contributed by atoms with E-state index < -0.39 is 0 Å². The molecule has 30 heavy (non-hydrogen) atoms. The summed E-state index contributed by atoms with van der Waals surface area (Å²) in [5.74, 6) is 1.72. The minimum Gasteiger partial charge on any atom is -0.274 e. The predicted molar refractivity (Wildman–Crippen MR) is 125 cm³/mol. The van der Waals surface area contributed by atoms with Gasteiger partial charge in [0.15, 0.2) is 5.16 Å². The van der Waals surface area contributed by atoms with Gasteiger partial charge in [-0.3, -0.25) is 4.57 Å². The van der Waals surface area contributed by atoms with Gasteiger partial charge in [-0.1, -0.05) is 72.4 Å². The summed E-state index contributed by atoms with van der Waals surface area (Å²) in [4.78, 5) is 4.58. The molecular formula is C24H20N4S2. The highest BCUT2D eigenvalue weighted by Gasteiger charge is 2.16. The Bertz CT molecular complexity index is 1290. The van der Waals surface area contributed by atoms with Gasteiger partial charge in [0.05, 0.1) is 10.7 Å². The highest BCUT2D eigenvalue weighted by Crippen LogP contribution is 2.28. The molecule has 0 saturated carbocycles. The molecule has 5 rings (SSSR count). The monoisotopic (exact) mass is 428 g/mol. The van der Waals surface area contributed by atoms with E-state index >= 15 is 0 Å². The van der Waals surface area contributed by atoms with Gasteiger partial charge in [0, 0.05) is 23.2 Å². The largest absolute Gasteiger partial charge is 0.274 e. The number of thiazole rings is 1. The van der Waals surface area contributed by atoms with Gasteiger partial charge in [-0.05, 0) is 35.4 Å². The molecule has 0 aliphatic heterocycles. The average Bonchev–Trinajstić information content (AvgIpc) is 3.39. The van der Waals surface area contributed by atoms with Crippen molar-refractivity contribution in [2.75, 3.05) is 0 Å². The molecule has 0 fully saturated rings. The molecule has 0 aliphatic carbocycles. The number of rotatable bonds is 6. The van der Waals surface area contributed by atoms with Gasteiger partial charge in [-0.25, -0.2) is 4.98 Å². The van der Waals surface area contributed by atoms with Gasteiger partial charge in [0.2, 0.25) is 0 Å². The summed E-state index contributed by atoms with van der Waals surface area (Å²) in [7, 11) is 0. The van der Waals surface area contributed by atoms with Crippen molar-refractivity contribution < 1.29 is 0 Å². The first-order valence-electron chi connectivity index (χ1n) is 9.78. The zero-order valence-corrected chi connectivity index (χ0v) is 18.2. The fourth-order valence-electron chi connectivity index (χ4n) is 3.57. The number of benzene rings is 3. The van der Waals surface area contributed by atoms with Crippen LogP contribution in [0.5, 0.6) is 0 Å². The molecule has 0 radical (unpaired) electrons. The van der Waals surface area contributed by atoms with E-state index in [0.717, 1.165) is 39.5 Å². The highest BCUT2D eigenvalue weighted by atomic mass is 32.2. The molecule has 0 saturated heterocycles. The van der Waals surface area contributed by atoms with E-state index in [-0.39, 0.29) is 0 Å². The number of fused-ring (bicyclic) bond motifs is 1. The quantitative estimate of drug-likeness (QED) is 0.308. The third-order valence-corrected chi connectivity index (χ3v) is 6.74. The molecule has 0 bridgehead atoms. The van der Waals surface area contributed by atoms with Crippen molar-refractivity contribution in [1.82, 2.24) is 19.7 Å². The van der Waals surface area contributed by atoms with E-state index in [2.05, 4.69) is 91.9 Å². The van der Waals surface area contributed by atoms with Crippen molar-refractivity contribution in [2.45, 2.75) is 24.3 Å². The summed E-state index contributed by atoms with van der Waals surface area (Å²) in [5.41, 5.74) is 3.42. The number of aromatic nitrogens is 4. The molecule has 3 aromatic carbocycles. The van der Waals surface area contributed by atoms with Crippen LogP contribution in [-0.2, 0) is 12.2 Å². The first-order valence-corrected chi connectivity index (χ1v) is 11.6. The Morgan fingerprint density at radius 3 is 2.53 bits per heavy atom. The number of hydrogen-bond acceptors (Lipinski definition) is 5. The summed E-state index contributed by atoms with van der Waals surface area (Å²) in [6, 6.07) is 25.3. The molecule has 4 nitrogen and oxygen atoms in total. The molecule has 0 aliphatic rings. The lowest BCUT2D eigenvalue weighted by molar-refractivity contribution is 0.849. The summed E-state index contributed by atoms with van der Waals surface area (Å²) in [5, 5.41) is 15.7. The van der Waals surface area contributed by atoms with Crippen LogP contribution in [-0.4, -0.2) is 19.7 Å². The maximum atomic E-state index is 4.59. The zero-order chi connectivity index (χ0) is 20.3. The third-order valence-electron chi connectivity index (χ3n) is 4.96. The van der Waals surface area contributed by atoms with Crippen molar-refractivity contribution in [3.63, 3.8) is 0 Å². The summed E-state index contributed by atoms with van der Waals surface area (Å²) >= 11 is 3.36. The number of nitrogens with zero attached hydrogens (tertiary/aromatic N) is 4. The minimum absolute atomic E-state index is 0.722. The van der Waals surface area contributed by atoms with E-state index in [1.165, 1.54) is 16.3 Å². The smallest absolute Gasteiger partial charge is 0.196 e. The Morgan fingerprint density at radius 1 is 0.900 bits per heavy atom. The second-order valence-corrected chi connectivity index (χ2v) is 9.04. The predicted octanol–water partition coefficient (Wildman–Crippen LogP) is 6.07. The number of para-hydroxylation sites is 1. The van der Waals surface area contributed by atoms with E-state index in [4.69, 9.17) is 0 Å². The second-order valence-electron chi connectivity index (χ2n) is 7.03. The highest BCUT2D eigenvalue weighted by molar-refractivity contribution is 7.98. The van der Waals surface area contributed by atoms with Gasteiger partial charge < -0.3 is 0 Å². The summed E-state index contributed by atoms with van der Waals surface area (Å²) in [6.45, 7) is 2.04. The van der Waals surface area contributed by atoms with Crippen molar-refractivity contribution in [3.8, 4) is 5.69 Å². The standard InChI is InChI=1S/C24H20N4S2/c1-17-25-20(15-29-17)16-30-24-27-26-23(28(24)21-11-3-2-4-12-21)14-19-10-7-9-18-8-5-6-13-22(18)19/h2-13,15H,14,16H2,1H3. The summed E-state index contributed by atoms with van der Waals surface area (Å²) < 4.78 is 2.17. The average molecular weight is 429 g/mol. The second kappa shape index (κ2) is 8.42. The van der Waals surface area contributed by atoms with Gasteiger partial charge in [0.25, 0.3) is 0 Å². The van der Waals surface area contributed by atoms with E-state index in [9.17, 15) is 0 Å². The Labute approximate surface area is 183 Å². The fraction of sp³-hybridized carbons (Fsp3) is 0.125. The molecule has 5 aromatic rings. The Kier molecular flexibility index (Phi) is 5.34. The lowest BCUT2D eigenvalue weighted by Crippen LogP contribution is -2.04. The van der Waals surface area contributed by atoms with Gasteiger partial charge >= 0.3 is 0 Å². The molecule has 2 heterocycles. The number of aryl methyl sites for hydroxylation is 1. The van der Waals surface area contributed by atoms with Crippen molar-refractivity contribution in [3.05, 3.63) is 100 Å². The molecule has 2 aromatic heterocycles. The first-order chi connectivity index (χ1) is 14.8. The number of thioether (sulfide) groups is 1. The lowest BCUT2D eigenvalue weighted by Gasteiger charge is -2.11. The lowest BCUT2D eigenvalue weighted by atomic mass is 10.0. The van der Waals surface area contributed by atoms with Crippen LogP contribution in [0.25, 0.3) is 16.5 Å². The van der Waals surface area contributed by atoms with Crippen LogP contribution in [0.2, 0.25) is 0 Å². The SMILES string of the molecule is Cc1nc(CSc2nnc(Cc3cccc4ccccc34)n2-c2ccccc2)cs1. The van der Waals surface area contributed by atoms with Crippen LogP contribution < -0.4 is 0 Å². The topological polar surface area (TPSA) is 43.6 Å².